The topological polar surface area (TPSA) is 55.4 Å². The molecule has 1 heterocycles. The second-order valence-corrected chi connectivity index (χ2v) is 6.27. The van der Waals surface area contributed by atoms with Crippen LogP contribution in [0.1, 0.15) is 53.9 Å². The number of hydrogen-bond donors (Lipinski definition) is 1. The second kappa shape index (κ2) is 6.88. The summed E-state index contributed by atoms with van der Waals surface area (Å²) in [5, 5.41) is 4.75. The molecule has 0 saturated carbocycles. The Morgan fingerprint density at radius 3 is 2.85 bits per heavy atom. The monoisotopic (exact) mass is 295 g/mol. The average Bonchev–Trinajstić information content (AvgIpc) is 2.81. The maximum Gasteiger partial charge on any atom is 0.307 e. The summed E-state index contributed by atoms with van der Waals surface area (Å²) in [6.07, 6.45) is 4.57. The summed E-state index contributed by atoms with van der Waals surface area (Å²) < 4.78 is 5.03. The second-order valence-electron chi connectivity index (χ2n) is 5.30. The molecule has 1 aromatic rings. The molecule has 1 aliphatic carbocycles. The first-order valence-corrected chi connectivity index (χ1v) is 8.03. The van der Waals surface area contributed by atoms with Crippen molar-refractivity contribution in [1.29, 1.82) is 0 Å². The lowest BCUT2D eigenvalue weighted by atomic mass is 9.96. The van der Waals surface area contributed by atoms with Gasteiger partial charge >= 0.3 is 5.97 Å². The zero-order chi connectivity index (χ0) is 14.5. The smallest absolute Gasteiger partial charge is 0.307 e. The van der Waals surface area contributed by atoms with Gasteiger partial charge < -0.3 is 10.1 Å². The van der Waals surface area contributed by atoms with E-state index in [1.165, 1.54) is 16.9 Å². The van der Waals surface area contributed by atoms with Gasteiger partial charge in [-0.2, -0.15) is 0 Å². The minimum absolute atomic E-state index is 0.0678. The largest absolute Gasteiger partial charge is 0.463 e. The van der Waals surface area contributed by atoms with Crippen molar-refractivity contribution < 1.29 is 14.3 Å². The molecule has 0 fully saturated rings. The van der Waals surface area contributed by atoms with Gasteiger partial charge in [-0.15, -0.1) is 11.3 Å². The van der Waals surface area contributed by atoms with Gasteiger partial charge in [0.1, 0.15) is 0 Å². The number of esters is 1. The van der Waals surface area contributed by atoms with Gasteiger partial charge in [-0.05, 0) is 45.1 Å². The molecule has 1 aromatic heterocycles. The van der Waals surface area contributed by atoms with Crippen molar-refractivity contribution in [2.24, 2.45) is 0 Å². The van der Waals surface area contributed by atoms with Crippen LogP contribution in [-0.4, -0.2) is 24.5 Å². The highest BCUT2D eigenvalue weighted by Crippen LogP contribution is 2.30. The molecule has 1 aliphatic rings. The molecule has 0 atom stereocenters. The highest BCUT2D eigenvalue weighted by Gasteiger charge is 2.20. The van der Waals surface area contributed by atoms with Crippen LogP contribution in [0, 0.1) is 0 Å². The summed E-state index contributed by atoms with van der Waals surface area (Å²) in [6, 6.07) is 0. The summed E-state index contributed by atoms with van der Waals surface area (Å²) in [7, 11) is 0. The number of hydrogen-bond acceptors (Lipinski definition) is 4. The van der Waals surface area contributed by atoms with Crippen molar-refractivity contribution in [1.82, 2.24) is 5.32 Å². The van der Waals surface area contributed by atoms with E-state index < -0.39 is 0 Å². The van der Waals surface area contributed by atoms with Crippen molar-refractivity contribution in [2.45, 2.75) is 52.1 Å². The standard InChI is InChI=1S/C15H21NO3S/c1-10(2)19-14(17)7-8-16-15(18)12-9-20-13-6-4-3-5-11(12)13/h9-10H,3-8H2,1-2H3,(H,16,18). The number of ether oxygens (including phenoxy) is 1. The van der Waals surface area contributed by atoms with E-state index in [1.807, 2.05) is 19.2 Å². The van der Waals surface area contributed by atoms with Crippen molar-refractivity contribution in [3.63, 3.8) is 0 Å². The van der Waals surface area contributed by atoms with Gasteiger partial charge in [-0.3, -0.25) is 9.59 Å². The maximum atomic E-state index is 12.1. The lowest BCUT2D eigenvalue weighted by Gasteiger charge is -2.13. The molecule has 0 saturated heterocycles. The Balaban J connectivity index is 1.83. The van der Waals surface area contributed by atoms with Crippen LogP contribution in [0.3, 0.4) is 0 Å². The normalized spacial score (nSPS) is 13.9. The molecule has 0 bridgehead atoms. The van der Waals surface area contributed by atoms with Crippen molar-refractivity contribution in [3.05, 3.63) is 21.4 Å². The molecule has 110 valence electrons. The van der Waals surface area contributed by atoms with E-state index in [0.29, 0.717) is 6.54 Å². The molecule has 1 N–H and O–H groups in total. The summed E-state index contributed by atoms with van der Waals surface area (Å²) in [6.45, 7) is 3.96. The van der Waals surface area contributed by atoms with Crippen LogP contribution in [-0.2, 0) is 22.4 Å². The Morgan fingerprint density at radius 2 is 2.10 bits per heavy atom. The van der Waals surface area contributed by atoms with Gasteiger partial charge in [-0.1, -0.05) is 0 Å². The molecule has 0 unspecified atom stereocenters. The minimum atomic E-state index is -0.271. The minimum Gasteiger partial charge on any atom is -0.463 e. The fraction of sp³-hybridized carbons (Fsp3) is 0.600. The predicted molar refractivity (Wildman–Crippen MR) is 79.1 cm³/mol. The third kappa shape index (κ3) is 3.82. The van der Waals surface area contributed by atoms with Crippen LogP contribution in [0.15, 0.2) is 5.38 Å². The van der Waals surface area contributed by atoms with Gasteiger partial charge in [0.15, 0.2) is 0 Å². The Bertz CT molecular complexity index is 493. The van der Waals surface area contributed by atoms with Crippen molar-refractivity contribution in [2.75, 3.05) is 6.54 Å². The van der Waals surface area contributed by atoms with Crippen LogP contribution in [0.25, 0.3) is 0 Å². The maximum absolute atomic E-state index is 12.1. The molecule has 0 aliphatic heterocycles. The van der Waals surface area contributed by atoms with Crippen LogP contribution in [0.4, 0.5) is 0 Å². The first kappa shape index (κ1) is 15.0. The highest BCUT2D eigenvalue weighted by molar-refractivity contribution is 7.10. The molecular formula is C15H21NO3S. The fourth-order valence-electron chi connectivity index (χ4n) is 2.38. The van der Waals surface area contributed by atoms with Crippen molar-refractivity contribution in [3.8, 4) is 0 Å². The van der Waals surface area contributed by atoms with Crippen LogP contribution in [0.2, 0.25) is 0 Å². The molecule has 20 heavy (non-hydrogen) atoms. The number of carbonyl (C=O) groups excluding carboxylic acids is 2. The van der Waals surface area contributed by atoms with E-state index in [4.69, 9.17) is 4.74 Å². The predicted octanol–water partition coefficient (Wildman–Crippen LogP) is 2.70. The van der Waals surface area contributed by atoms with Crippen molar-refractivity contribution >= 4 is 23.2 Å². The van der Waals surface area contributed by atoms with E-state index in [0.717, 1.165) is 24.8 Å². The zero-order valence-electron chi connectivity index (χ0n) is 12.0. The Labute approximate surface area is 123 Å². The molecule has 0 spiro atoms. The molecule has 0 aromatic carbocycles. The van der Waals surface area contributed by atoms with E-state index in [2.05, 4.69) is 5.32 Å². The Morgan fingerprint density at radius 1 is 1.35 bits per heavy atom. The fourth-order valence-corrected chi connectivity index (χ4v) is 3.51. The van der Waals surface area contributed by atoms with Crippen LogP contribution in [0.5, 0.6) is 0 Å². The van der Waals surface area contributed by atoms with Gasteiger partial charge in [0.2, 0.25) is 0 Å². The molecule has 5 heteroatoms. The number of rotatable bonds is 5. The number of nitrogens with one attached hydrogen (secondary N) is 1. The van der Waals surface area contributed by atoms with E-state index in [1.54, 1.807) is 11.3 Å². The van der Waals surface area contributed by atoms with Crippen LogP contribution >= 0.6 is 11.3 Å². The third-order valence-corrected chi connectivity index (χ3v) is 4.38. The molecular weight excluding hydrogens is 274 g/mol. The van der Waals surface area contributed by atoms with E-state index in [9.17, 15) is 9.59 Å². The summed E-state index contributed by atoms with van der Waals surface area (Å²) in [4.78, 5) is 24.9. The molecule has 2 rings (SSSR count). The summed E-state index contributed by atoms with van der Waals surface area (Å²) in [5.41, 5.74) is 2.01. The van der Waals surface area contributed by atoms with E-state index in [-0.39, 0.29) is 24.4 Å². The quantitative estimate of drug-likeness (QED) is 0.850. The molecule has 4 nitrogen and oxygen atoms in total. The number of aryl methyl sites for hydroxylation is 1. The number of fused-ring (bicyclic) bond motifs is 1. The molecule has 0 radical (unpaired) electrons. The third-order valence-electron chi connectivity index (χ3n) is 3.29. The number of carbonyl (C=O) groups is 2. The SMILES string of the molecule is CC(C)OC(=O)CCNC(=O)c1csc2c1CCCC2. The first-order chi connectivity index (χ1) is 9.58. The van der Waals surface area contributed by atoms with Crippen LogP contribution < -0.4 is 5.32 Å². The lowest BCUT2D eigenvalue weighted by Crippen LogP contribution is -2.27. The van der Waals surface area contributed by atoms with Gasteiger partial charge in [0.25, 0.3) is 5.91 Å². The van der Waals surface area contributed by atoms with Gasteiger partial charge in [0.05, 0.1) is 18.1 Å². The van der Waals surface area contributed by atoms with Gasteiger partial charge in [0, 0.05) is 16.8 Å². The zero-order valence-corrected chi connectivity index (χ0v) is 12.8. The van der Waals surface area contributed by atoms with Gasteiger partial charge in [-0.25, -0.2) is 0 Å². The Hall–Kier alpha value is -1.36. The lowest BCUT2D eigenvalue weighted by molar-refractivity contribution is -0.147. The Kier molecular flexibility index (Phi) is 5.17. The van der Waals surface area contributed by atoms with E-state index >= 15 is 0 Å². The number of amides is 1. The molecule has 1 amide bonds. The summed E-state index contributed by atoms with van der Waals surface area (Å²) in [5.74, 6) is -0.339. The average molecular weight is 295 g/mol. The first-order valence-electron chi connectivity index (χ1n) is 7.15. The number of thiophene rings is 1. The summed E-state index contributed by atoms with van der Waals surface area (Å²) >= 11 is 1.68. The highest BCUT2D eigenvalue weighted by atomic mass is 32.1.